The normalized spacial score (nSPS) is 50.6. The van der Waals surface area contributed by atoms with Gasteiger partial charge in [-0.25, -0.2) is 0 Å². The number of phenols is 2. The first-order chi connectivity index (χ1) is 26.8. The lowest BCUT2D eigenvalue weighted by molar-refractivity contribution is -0.252. The number of benzene rings is 1. The van der Waals surface area contributed by atoms with E-state index in [4.69, 9.17) is 4.74 Å². The number of ketones is 1. The number of phenolic OH excluding ortho intramolecular Hbond substituents is 2. The number of nitrogens with one attached hydrogen (secondary N) is 1. The molecule has 9 aliphatic rings. The van der Waals surface area contributed by atoms with E-state index < -0.39 is 75.2 Å². The predicted molar refractivity (Wildman–Crippen MR) is 211 cm³/mol. The number of aliphatic hydroxyl groups excluding tert-OH is 4. The van der Waals surface area contributed by atoms with E-state index in [9.17, 15) is 45.6 Å². The minimum atomic E-state index is -1.74. The lowest BCUT2D eigenvalue weighted by atomic mass is 9.37. The fourth-order valence-corrected chi connectivity index (χ4v) is 16.2. The molecule has 16 atom stereocenters. The Balaban J connectivity index is 1.21. The summed E-state index contributed by atoms with van der Waals surface area (Å²) in [6.07, 6.45) is 5.34. The molecule has 5 saturated carbocycles. The van der Waals surface area contributed by atoms with E-state index in [0.29, 0.717) is 30.5 Å². The van der Waals surface area contributed by atoms with Gasteiger partial charge in [0, 0.05) is 61.1 Å². The Morgan fingerprint density at radius 1 is 0.965 bits per heavy atom. The van der Waals surface area contributed by atoms with Crippen molar-refractivity contribution in [2.24, 2.45) is 51.2 Å². The summed E-state index contributed by atoms with van der Waals surface area (Å²) in [5.74, 6) is -4.08. The van der Waals surface area contributed by atoms with Gasteiger partial charge in [0.15, 0.2) is 5.78 Å². The monoisotopic (exact) mass is 791 g/mol. The van der Waals surface area contributed by atoms with E-state index in [1.165, 1.54) is 18.2 Å². The highest BCUT2D eigenvalue weighted by atomic mass is 16.6. The third-order valence-electron chi connectivity index (χ3n) is 18.3. The second kappa shape index (κ2) is 12.8. The lowest BCUT2D eigenvalue weighted by Gasteiger charge is -2.68. The van der Waals surface area contributed by atoms with Crippen molar-refractivity contribution in [3.05, 3.63) is 47.1 Å². The molecule has 0 radical (unpaired) electrons. The number of rotatable bonds is 6. The summed E-state index contributed by atoms with van der Waals surface area (Å²) >= 11 is 0. The Bertz CT molecular complexity index is 1870. The summed E-state index contributed by atoms with van der Waals surface area (Å²) in [6.45, 7) is 11.4. The maximum absolute atomic E-state index is 14.9. The molecule has 8 aliphatic carbocycles. The molecular weight excluding hydrogens is 727 g/mol. The molecule has 314 valence electrons. The first kappa shape index (κ1) is 40.1. The number of allylic oxidation sites excluding steroid dienone is 2. The molecular formula is C46H65NO10. The molecule has 1 aliphatic heterocycles. The lowest BCUT2D eigenvalue weighted by Crippen LogP contribution is -2.71. The average Bonchev–Trinajstić information content (AvgIpc) is 3.73. The van der Waals surface area contributed by atoms with Crippen LogP contribution in [-0.2, 0) is 9.53 Å². The van der Waals surface area contributed by atoms with Gasteiger partial charge in [0.1, 0.15) is 22.7 Å². The van der Waals surface area contributed by atoms with Gasteiger partial charge in [0.25, 0.3) is 0 Å². The first-order valence-electron chi connectivity index (χ1n) is 21.8. The third kappa shape index (κ3) is 4.91. The van der Waals surface area contributed by atoms with Crippen LogP contribution in [0.3, 0.4) is 0 Å². The summed E-state index contributed by atoms with van der Waals surface area (Å²) in [5, 5.41) is 99.0. The van der Waals surface area contributed by atoms with Crippen LogP contribution in [0.5, 0.6) is 11.5 Å². The molecule has 57 heavy (non-hydrogen) atoms. The van der Waals surface area contributed by atoms with Gasteiger partial charge in [0.2, 0.25) is 0 Å². The van der Waals surface area contributed by atoms with Crippen molar-refractivity contribution in [3.8, 4) is 11.5 Å². The van der Waals surface area contributed by atoms with Gasteiger partial charge in [-0.1, -0.05) is 59.1 Å². The maximum atomic E-state index is 14.9. The van der Waals surface area contributed by atoms with Gasteiger partial charge in [-0.3, -0.25) is 4.79 Å². The molecule has 1 aromatic rings. The van der Waals surface area contributed by atoms with Gasteiger partial charge in [-0.15, -0.1) is 0 Å². The topological polar surface area (TPSA) is 200 Å². The summed E-state index contributed by atoms with van der Waals surface area (Å²) in [5.41, 5.74) is -5.45. The number of hydrogen-bond acceptors (Lipinski definition) is 11. The third-order valence-corrected chi connectivity index (χ3v) is 18.3. The predicted octanol–water partition coefficient (Wildman–Crippen LogP) is 3.99. The van der Waals surface area contributed by atoms with Crippen molar-refractivity contribution in [2.75, 3.05) is 19.7 Å². The molecule has 1 aromatic carbocycles. The smallest absolute Gasteiger partial charge is 0.160 e. The highest BCUT2D eigenvalue weighted by Crippen LogP contribution is 2.79. The maximum Gasteiger partial charge on any atom is 0.160 e. The molecule has 6 fully saturated rings. The van der Waals surface area contributed by atoms with Crippen LogP contribution >= 0.6 is 0 Å². The second-order valence-electron chi connectivity index (χ2n) is 20.9. The molecule has 0 unspecified atom stereocenters. The van der Waals surface area contributed by atoms with Crippen LogP contribution in [0.25, 0.3) is 0 Å². The van der Waals surface area contributed by atoms with E-state index in [2.05, 4.69) is 32.2 Å². The Hall–Kier alpha value is -2.35. The molecule has 11 nitrogen and oxygen atoms in total. The van der Waals surface area contributed by atoms with E-state index in [-0.39, 0.29) is 66.3 Å². The highest BCUT2D eigenvalue weighted by molar-refractivity contribution is 5.96. The van der Waals surface area contributed by atoms with Crippen molar-refractivity contribution in [1.82, 2.24) is 5.32 Å². The van der Waals surface area contributed by atoms with Crippen molar-refractivity contribution >= 4 is 5.78 Å². The Kier molecular flexibility index (Phi) is 9.02. The Labute approximate surface area is 336 Å². The first-order valence-corrected chi connectivity index (χ1v) is 21.8. The van der Waals surface area contributed by atoms with Crippen LogP contribution in [0.15, 0.2) is 41.5 Å². The van der Waals surface area contributed by atoms with E-state index in [1.807, 2.05) is 13.8 Å². The number of carbonyl (C=O) groups is 1. The van der Waals surface area contributed by atoms with Gasteiger partial charge in [-0.05, 0) is 102 Å². The number of likely N-dealkylation sites (N-methyl/N-ethyl adjacent to an activating group) is 1. The SMILES string of the molecule is CCNCC1=C[C@]2(C)CC[C@@H]1[C@]1(O[C@H]3C[C@]4(O)C5=CC(=O)[C@H]6[C@H](c7cc(O)cc(O)c7)[C@@H](O)[C@@H](O)C[C@]6(C)[C@@H]5C5(CCCC5)C[C@]4(C)[C@@H]3[C@]1(O)CCO)[C@@H](O)[C@H]2C. The molecule has 1 saturated heterocycles. The Morgan fingerprint density at radius 3 is 2.30 bits per heavy atom. The minimum absolute atomic E-state index is 0.0396. The van der Waals surface area contributed by atoms with Gasteiger partial charge in [0.05, 0.1) is 30.0 Å². The summed E-state index contributed by atoms with van der Waals surface area (Å²) in [4.78, 5) is 14.9. The summed E-state index contributed by atoms with van der Waals surface area (Å²) in [7, 11) is 0. The molecule has 2 spiro atoms. The van der Waals surface area contributed by atoms with Crippen LogP contribution in [-0.4, -0.2) is 108 Å². The number of aliphatic hydroxyl groups is 6. The number of ether oxygens (including phenoxy) is 1. The standard InChI is InChI=1S/C46H65NO10/c1-6-47-22-26-19-40(3)12-9-29(26)46(39(54)24(40)2)44(55,13-14-48)38-33(57-46)21-45(56)30-18-31(51)35-34(25-15-27(49)17-28(50)16-25)36(53)32(52)20-41(35,4)37(30)43(10-7-8-11-43)23-42(38,45)5/h15-19,24,29,32-39,47-50,52-56H,6-14,20-23H2,1-5H3/t24-,29+,32+,33+,34+,35+,36+,37-,38-,39+,40+,41+,42-,44-,45+,46+/m1/s1. The largest absolute Gasteiger partial charge is 0.508 e. The molecule has 10 rings (SSSR count). The quantitative estimate of drug-likeness (QED) is 0.189. The van der Waals surface area contributed by atoms with Crippen LogP contribution in [0.4, 0.5) is 0 Å². The van der Waals surface area contributed by atoms with Gasteiger partial charge >= 0.3 is 0 Å². The van der Waals surface area contributed by atoms with Crippen LogP contribution in [0, 0.1) is 51.2 Å². The Morgan fingerprint density at radius 2 is 1.65 bits per heavy atom. The number of hydrogen-bond donors (Lipinski definition) is 9. The molecule has 0 amide bonds. The zero-order valence-corrected chi connectivity index (χ0v) is 34.2. The number of aromatic hydroxyl groups is 2. The summed E-state index contributed by atoms with van der Waals surface area (Å²) in [6, 6.07) is 4.08. The van der Waals surface area contributed by atoms with Crippen molar-refractivity contribution < 1.29 is 50.4 Å². The van der Waals surface area contributed by atoms with Crippen molar-refractivity contribution in [1.29, 1.82) is 0 Å². The molecule has 9 N–H and O–H groups in total. The van der Waals surface area contributed by atoms with Crippen molar-refractivity contribution in [3.63, 3.8) is 0 Å². The molecule has 0 aromatic heterocycles. The second-order valence-corrected chi connectivity index (χ2v) is 20.9. The average molecular weight is 792 g/mol. The zero-order valence-electron chi connectivity index (χ0n) is 34.2. The van der Waals surface area contributed by atoms with Crippen LogP contribution < -0.4 is 5.32 Å². The van der Waals surface area contributed by atoms with Crippen molar-refractivity contribution in [2.45, 2.75) is 146 Å². The van der Waals surface area contributed by atoms with E-state index >= 15 is 0 Å². The number of fused-ring (bicyclic) bond motifs is 10. The van der Waals surface area contributed by atoms with Crippen LogP contribution in [0.1, 0.15) is 110 Å². The molecule has 2 bridgehead atoms. The van der Waals surface area contributed by atoms with Gasteiger partial charge in [-0.2, -0.15) is 0 Å². The highest BCUT2D eigenvalue weighted by Gasteiger charge is 2.84. The fourth-order valence-electron chi connectivity index (χ4n) is 16.2. The van der Waals surface area contributed by atoms with E-state index in [1.54, 1.807) is 6.08 Å². The van der Waals surface area contributed by atoms with Gasteiger partial charge < -0.3 is 50.9 Å². The fraction of sp³-hybridized carbons (Fsp3) is 0.761. The summed E-state index contributed by atoms with van der Waals surface area (Å²) < 4.78 is 7.40. The van der Waals surface area contributed by atoms with E-state index in [0.717, 1.165) is 44.2 Å². The zero-order chi connectivity index (χ0) is 40.9. The minimum Gasteiger partial charge on any atom is -0.508 e. The number of carbonyl (C=O) groups excluding carboxylic acids is 1. The molecule has 11 heteroatoms. The molecule has 1 heterocycles. The van der Waals surface area contributed by atoms with Crippen LogP contribution in [0.2, 0.25) is 0 Å².